The molecule has 0 aliphatic rings. The molecule has 0 saturated carbocycles. The summed E-state index contributed by atoms with van der Waals surface area (Å²) in [6, 6.07) is 0. The second-order valence-electron chi connectivity index (χ2n) is 0.500. The van der Waals surface area contributed by atoms with Gasteiger partial charge in [0.05, 0.1) is 0 Å². The molecule has 0 heterocycles. The van der Waals surface area contributed by atoms with Gasteiger partial charge in [-0.3, -0.25) is 0 Å². The van der Waals surface area contributed by atoms with E-state index in [1.165, 1.54) is 0 Å². The molecule has 34 valence electrons. The maximum Gasteiger partial charge on any atom is 2.00 e. The average molecular weight is 437 g/mol. The van der Waals surface area contributed by atoms with Crippen molar-refractivity contribution in [3.63, 3.8) is 0 Å². The molecule has 0 amide bonds. The van der Waals surface area contributed by atoms with Crippen LogP contribution in [0.4, 0.5) is 0 Å². The first-order chi connectivity index (χ1) is 2.00. The van der Waals surface area contributed by atoms with Crippen molar-refractivity contribution >= 4 is 85.2 Å². The molecule has 0 spiro atoms. The summed E-state index contributed by atoms with van der Waals surface area (Å²) in [5.74, 6) is 0. The van der Waals surface area contributed by atoms with Gasteiger partial charge in [0.25, 0.3) is 0 Å². The molecule has 2 radical (unpaired) electrons. The standard InChI is InChI=1S/Ba.O4Si.Pb/c;1-5(2,3)4;/q+2;-4;+2. The normalized spacial score (nSPS) is 8.57. The van der Waals surface area contributed by atoms with Crippen LogP contribution in [0.3, 0.4) is 0 Å². The van der Waals surface area contributed by atoms with Gasteiger partial charge in [-0.1, -0.05) is 0 Å². The van der Waals surface area contributed by atoms with Crippen molar-refractivity contribution < 1.29 is 19.2 Å². The summed E-state index contributed by atoms with van der Waals surface area (Å²) >= 11 is 0. The Morgan fingerprint density at radius 3 is 0.857 bits per heavy atom. The largest absolute Gasteiger partial charge is 2.00 e. The van der Waals surface area contributed by atoms with E-state index >= 15 is 0 Å². The molecule has 0 aromatic rings. The Kier molecular flexibility index (Phi) is 15.5. The summed E-state index contributed by atoms with van der Waals surface area (Å²) in [5.41, 5.74) is 0. The molecular formula is BaO4PbSi. The molecule has 7 heteroatoms. The molecule has 0 atom stereocenters. The van der Waals surface area contributed by atoms with Crippen LogP contribution in [0.2, 0.25) is 0 Å². The Hall–Kier alpha value is 2.55. The molecule has 0 N–H and O–H groups in total. The van der Waals surface area contributed by atoms with Crippen molar-refractivity contribution in [1.29, 1.82) is 0 Å². The first kappa shape index (κ1) is 16.3. The van der Waals surface area contributed by atoms with Gasteiger partial charge in [0, 0.05) is 0 Å². The van der Waals surface area contributed by atoms with Crippen molar-refractivity contribution in [2.45, 2.75) is 0 Å². The van der Waals surface area contributed by atoms with Crippen LogP contribution in [0.25, 0.3) is 0 Å². The fraction of sp³-hybridized carbons (Fsp3) is 0. The molecule has 0 unspecified atom stereocenters. The maximum absolute atomic E-state index is 8.58. The third kappa shape index (κ3) is 56.4. The number of hydrogen-bond acceptors (Lipinski definition) is 4. The minimum atomic E-state index is -5.61. The predicted octanol–water partition coefficient (Wildman–Crippen LogP) is -5.90. The summed E-state index contributed by atoms with van der Waals surface area (Å²) in [7, 11) is -5.61. The van der Waals surface area contributed by atoms with Crippen LogP contribution in [0.1, 0.15) is 0 Å². The van der Waals surface area contributed by atoms with E-state index in [0.717, 1.165) is 0 Å². The van der Waals surface area contributed by atoms with Crippen molar-refractivity contribution in [3.8, 4) is 0 Å². The second-order valence-corrected chi connectivity index (χ2v) is 1.50. The van der Waals surface area contributed by atoms with Crippen LogP contribution >= 0.6 is 0 Å². The smallest absolute Gasteiger partial charge is 0.894 e. The monoisotopic (exact) mass is 438 g/mol. The molecule has 0 fully saturated rings. The van der Waals surface area contributed by atoms with E-state index in [-0.39, 0.29) is 76.2 Å². The molecule has 0 aromatic heterocycles. The quantitative estimate of drug-likeness (QED) is 0.354. The third-order valence-corrected chi connectivity index (χ3v) is 0. The van der Waals surface area contributed by atoms with Crippen LogP contribution in [-0.2, 0) is 0 Å². The van der Waals surface area contributed by atoms with Crippen molar-refractivity contribution in [2.24, 2.45) is 0 Å². The Morgan fingerprint density at radius 2 is 0.857 bits per heavy atom. The Morgan fingerprint density at radius 1 is 0.857 bits per heavy atom. The zero-order chi connectivity index (χ0) is 4.50. The molecular weight excluding hydrogens is 437 g/mol. The number of rotatable bonds is 0. The van der Waals surface area contributed by atoms with E-state index in [1.807, 2.05) is 0 Å². The van der Waals surface area contributed by atoms with Gasteiger partial charge in [0.15, 0.2) is 0 Å². The van der Waals surface area contributed by atoms with Crippen LogP contribution < -0.4 is 19.2 Å². The third-order valence-electron chi connectivity index (χ3n) is 0. The summed E-state index contributed by atoms with van der Waals surface area (Å²) in [6.07, 6.45) is 0. The SMILES string of the molecule is [Ba+2].[O-][Si]([O-])([O-])[O-].[Pb+2]. The molecule has 7 heavy (non-hydrogen) atoms. The molecule has 0 saturated heterocycles. The average Bonchev–Trinajstić information content (AvgIpc) is 0.722. The van der Waals surface area contributed by atoms with E-state index in [2.05, 4.69) is 0 Å². The predicted molar refractivity (Wildman–Crippen MR) is 17.3 cm³/mol. The van der Waals surface area contributed by atoms with Gasteiger partial charge in [-0.25, -0.2) is 0 Å². The minimum Gasteiger partial charge on any atom is -0.894 e. The molecule has 0 aliphatic heterocycles. The fourth-order valence-electron chi connectivity index (χ4n) is 0. The maximum atomic E-state index is 8.58. The molecule has 4 nitrogen and oxygen atoms in total. The van der Waals surface area contributed by atoms with Crippen molar-refractivity contribution in [3.05, 3.63) is 0 Å². The van der Waals surface area contributed by atoms with Crippen LogP contribution in [0, 0.1) is 0 Å². The fourth-order valence-corrected chi connectivity index (χ4v) is 0. The Labute approximate surface area is 102 Å². The first-order valence-corrected chi connectivity index (χ1v) is 2.45. The van der Waals surface area contributed by atoms with Gasteiger partial charge in [0.2, 0.25) is 0 Å². The Balaban J connectivity index is -0.0000000800. The van der Waals surface area contributed by atoms with Gasteiger partial charge in [-0.15, -0.1) is 0 Å². The van der Waals surface area contributed by atoms with Crippen molar-refractivity contribution in [2.75, 3.05) is 0 Å². The van der Waals surface area contributed by atoms with Gasteiger partial charge < -0.3 is 28.2 Å². The van der Waals surface area contributed by atoms with Crippen LogP contribution in [-0.4, -0.2) is 85.2 Å². The summed E-state index contributed by atoms with van der Waals surface area (Å²) in [5, 5.41) is 0. The summed E-state index contributed by atoms with van der Waals surface area (Å²) < 4.78 is 0. The van der Waals surface area contributed by atoms with E-state index in [4.69, 9.17) is 19.2 Å². The minimum absolute atomic E-state index is 0. The van der Waals surface area contributed by atoms with E-state index in [1.54, 1.807) is 0 Å². The molecule has 0 aliphatic carbocycles. The molecule has 0 bridgehead atoms. The summed E-state index contributed by atoms with van der Waals surface area (Å²) in [6.45, 7) is 0. The van der Waals surface area contributed by atoms with Crippen LogP contribution in [0.15, 0.2) is 0 Å². The van der Waals surface area contributed by atoms with Crippen molar-refractivity contribution in [1.82, 2.24) is 0 Å². The van der Waals surface area contributed by atoms with Gasteiger partial charge in [-0.2, -0.15) is 0 Å². The second kappa shape index (κ2) is 6.67. The zero-order valence-corrected chi connectivity index (χ0v) is 12.7. The topological polar surface area (TPSA) is 92.2 Å². The Bertz CT molecular complexity index is 27.2. The van der Waals surface area contributed by atoms with Gasteiger partial charge in [0.1, 0.15) is 0 Å². The van der Waals surface area contributed by atoms with E-state index < -0.39 is 9.05 Å². The van der Waals surface area contributed by atoms with Crippen LogP contribution in [0.5, 0.6) is 0 Å². The summed E-state index contributed by atoms with van der Waals surface area (Å²) in [4.78, 5) is 34.3. The molecule has 0 rings (SSSR count). The molecule has 0 aromatic carbocycles. The van der Waals surface area contributed by atoms with Gasteiger partial charge >= 0.3 is 76.2 Å². The van der Waals surface area contributed by atoms with E-state index in [9.17, 15) is 0 Å². The number of hydrogen-bond donors (Lipinski definition) is 0. The first-order valence-electron chi connectivity index (χ1n) is 0.816. The van der Waals surface area contributed by atoms with Gasteiger partial charge in [-0.05, 0) is 0 Å². The van der Waals surface area contributed by atoms with E-state index in [0.29, 0.717) is 0 Å². The zero-order valence-electron chi connectivity index (χ0n) is 3.34.